The highest BCUT2D eigenvalue weighted by Crippen LogP contribution is 2.26. The zero-order valence-electron chi connectivity index (χ0n) is 18.6. The molecule has 1 heterocycles. The molecule has 0 saturated carbocycles. The number of halogens is 1. The first-order valence-corrected chi connectivity index (χ1v) is 9.92. The van der Waals surface area contributed by atoms with E-state index in [1.54, 1.807) is 55.2 Å². The van der Waals surface area contributed by atoms with E-state index in [2.05, 4.69) is 10.4 Å². The van der Waals surface area contributed by atoms with Crippen LogP contribution in [0.4, 0.5) is 10.1 Å². The van der Waals surface area contributed by atoms with Crippen molar-refractivity contribution in [3.63, 3.8) is 0 Å². The van der Waals surface area contributed by atoms with Crippen molar-refractivity contribution in [3.05, 3.63) is 76.9 Å². The van der Waals surface area contributed by atoms with Crippen LogP contribution in [0.2, 0.25) is 0 Å². The van der Waals surface area contributed by atoms with Gasteiger partial charge >= 0.3 is 0 Å². The summed E-state index contributed by atoms with van der Waals surface area (Å²) >= 11 is 0. The number of nitrogens with zero attached hydrogens (tertiary/aromatic N) is 3. The molecule has 0 bridgehead atoms. The Bertz CT molecular complexity index is 1180. The maximum Gasteiger partial charge on any atom is 0.253 e. The molecule has 2 aromatic carbocycles. The summed E-state index contributed by atoms with van der Waals surface area (Å²) in [6, 6.07) is 10.9. The lowest BCUT2D eigenvalue weighted by atomic mass is 10.1. The van der Waals surface area contributed by atoms with E-state index >= 15 is 0 Å². The van der Waals surface area contributed by atoms with E-state index in [-0.39, 0.29) is 17.6 Å². The standard InChI is InChI=1S/C24H25FN4O3/c1-15-20(16(2)29(27-15)19-9-7-18(25)8-10-19)11-13-23(30)26-21-14-17(24(31)28(3)4)6-12-22(21)32-5/h6-14H,1-5H3,(H,26,30)/b13-11+. The molecular formula is C24H25FN4O3. The Balaban J connectivity index is 1.83. The van der Waals surface area contributed by atoms with E-state index < -0.39 is 0 Å². The average molecular weight is 436 g/mol. The molecule has 3 rings (SSSR count). The number of anilines is 1. The number of hydrogen-bond acceptors (Lipinski definition) is 4. The Morgan fingerprint density at radius 2 is 1.81 bits per heavy atom. The predicted molar refractivity (Wildman–Crippen MR) is 122 cm³/mol. The molecule has 0 unspecified atom stereocenters. The summed E-state index contributed by atoms with van der Waals surface area (Å²) in [5, 5.41) is 7.26. The molecule has 0 saturated heterocycles. The smallest absolute Gasteiger partial charge is 0.253 e. The second kappa shape index (κ2) is 9.47. The number of benzene rings is 2. The molecule has 0 aliphatic carbocycles. The molecule has 0 spiro atoms. The van der Waals surface area contributed by atoms with Gasteiger partial charge in [0.05, 0.1) is 24.2 Å². The minimum absolute atomic E-state index is 0.182. The van der Waals surface area contributed by atoms with E-state index in [1.165, 1.54) is 30.2 Å². The average Bonchev–Trinajstić information content (AvgIpc) is 3.05. The van der Waals surface area contributed by atoms with Gasteiger partial charge in [-0.25, -0.2) is 9.07 Å². The normalized spacial score (nSPS) is 10.9. The van der Waals surface area contributed by atoms with Crippen LogP contribution in [0.15, 0.2) is 48.5 Å². The molecule has 8 heteroatoms. The first-order valence-electron chi connectivity index (χ1n) is 9.92. The number of amides is 2. The van der Waals surface area contributed by atoms with Crippen molar-refractivity contribution in [3.8, 4) is 11.4 Å². The summed E-state index contributed by atoms with van der Waals surface area (Å²) in [6.07, 6.45) is 3.07. The van der Waals surface area contributed by atoms with Gasteiger partial charge in [-0.15, -0.1) is 0 Å². The fourth-order valence-corrected chi connectivity index (χ4v) is 3.26. The van der Waals surface area contributed by atoms with Crippen LogP contribution in [0.3, 0.4) is 0 Å². The molecular weight excluding hydrogens is 411 g/mol. The van der Waals surface area contributed by atoms with Gasteiger partial charge in [0.1, 0.15) is 11.6 Å². The highest BCUT2D eigenvalue weighted by atomic mass is 19.1. The zero-order chi connectivity index (χ0) is 23.4. The SMILES string of the molecule is COc1ccc(C(=O)N(C)C)cc1NC(=O)/C=C/c1c(C)nn(-c2ccc(F)cc2)c1C. The lowest BCUT2D eigenvalue weighted by Crippen LogP contribution is -2.22. The molecule has 3 aromatic rings. The van der Waals surface area contributed by atoms with E-state index in [0.717, 1.165) is 22.6 Å². The lowest BCUT2D eigenvalue weighted by molar-refractivity contribution is -0.111. The zero-order valence-corrected chi connectivity index (χ0v) is 18.6. The van der Waals surface area contributed by atoms with Crippen molar-refractivity contribution in [2.24, 2.45) is 0 Å². The first kappa shape index (κ1) is 22.7. The monoisotopic (exact) mass is 436 g/mol. The van der Waals surface area contributed by atoms with Gasteiger partial charge in [0.2, 0.25) is 5.91 Å². The van der Waals surface area contributed by atoms with Gasteiger partial charge in [0, 0.05) is 37.0 Å². The lowest BCUT2D eigenvalue weighted by Gasteiger charge is -2.14. The van der Waals surface area contributed by atoms with Gasteiger partial charge in [-0.3, -0.25) is 9.59 Å². The number of aromatic nitrogens is 2. The maximum atomic E-state index is 13.2. The highest BCUT2D eigenvalue weighted by molar-refractivity contribution is 6.04. The third kappa shape index (κ3) is 4.85. The first-order chi connectivity index (χ1) is 15.2. The Kier molecular flexibility index (Phi) is 6.73. The molecule has 0 fully saturated rings. The van der Waals surface area contributed by atoms with Crippen LogP contribution in [0.25, 0.3) is 11.8 Å². The van der Waals surface area contributed by atoms with Crippen molar-refractivity contribution < 1.29 is 18.7 Å². The number of aryl methyl sites for hydroxylation is 1. The second-order valence-electron chi connectivity index (χ2n) is 7.41. The summed E-state index contributed by atoms with van der Waals surface area (Å²) in [5.41, 5.74) is 3.88. The number of carbonyl (C=O) groups is 2. The van der Waals surface area contributed by atoms with Crippen molar-refractivity contribution in [1.29, 1.82) is 0 Å². The summed E-state index contributed by atoms with van der Waals surface area (Å²) in [5.74, 6) is -0.443. The molecule has 0 aliphatic rings. The molecule has 0 radical (unpaired) electrons. The maximum absolute atomic E-state index is 13.2. The highest BCUT2D eigenvalue weighted by Gasteiger charge is 2.14. The molecule has 32 heavy (non-hydrogen) atoms. The topological polar surface area (TPSA) is 76.5 Å². The third-order valence-electron chi connectivity index (χ3n) is 4.93. The number of rotatable bonds is 6. The van der Waals surface area contributed by atoms with Gasteiger partial charge in [-0.05, 0) is 62.4 Å². The van der Waals surface area contributed by atoms with Gasteiger partial charge in [0.15, 0.2) is 0 Å². The van der Waals surface area contributed by atoms with Crippen molar-refractivity contribution in [2.75, 3.05) is 26.5 Å². The molecule has 1 aromatic heterocycles. The molecule has 2 amide bonds. The van der Waals surface area contributed by atoms with Gasteiger partial charge < -0.3 is 15.0 Å². The van der Waals surface area contributed by atoms with Crippen LogP contribution in [-0.2, 0) is 4.79 Å². The molecule has 7 nitrogen and oxygen atoms in total. The van der Waals surface area contributed by atoms with E-state index in [0.29, 0.717) is 17.0 Å². The Labute approximate surface area is 186 Å². The van der Waals surface area contributed by atoms with Gasteiger partial charge in [-0.1, -0.05) is 0 Å². The number of ether oxygens (including phenoxy) is 1. The summed E-state index contributed by atoms with van der Waals surface area (Å²) in [4.78, 5) is 26.3. The Morgan fingerprint density at radius 3 is 2.44 bits per heavy atom. The van der Waals surface area contributed by atoms with Crippen LogP contribution in [0.5, 0.6) is 5.75 Å². The third-order valence-corrected chi connectivity index (χ3v) is 4.93. The number of methoxy groups -OCH3 is 1. The van der Waals surface area contributed by atoms with Gasteiger partial charge in [0.25, 0.3) is 5.91 Å². The van der Waals surface area contributed by atoms with Gasteiger partial charge in [-0.2, -0.15) is 5.10 Å². The second-order valence-corrected chi connectivity index (χ2v) is 7.41. The molecule has 166 valence electrons. The number of carbonyl (C=O) groups excluding carboxylic acids is 2. The predicted octanol–water partition coefficient (Wildman–Crippen LogP) is 3.99. The molecule has 0 atom stereocenters. The quantitative estimate of drug-likeness (QED) is 0.593. The van der Waals surface area contributed by atoms with Crippen LogP contribution in [-0.4, -0.2) is 47.7 Å². The van der Waals surface area contributed by atoms with E-state index in [1.807, 2.05) is 13.8 Å². The van der Waals surface area contributed by atoms with Crippen LogP contribution in [0.1, 0.15) is 27.3 Å². The van der Waals surface area contributed by atoms with Crippen LogP contribution >= 0.6 is 0 Å². The Hall–Kier alpha value is -3.94. The van der Waals surface area contributed by atoms with Crippen LogP contribution < -0.4 is 10.1 Å². The largest absolute Gasteiger partial charge is 0.495 e. The number of nitrogens with one attached hydrogen (secondary N) is 1. The summed E-state index contributed by atoms with van der Waals surface area (Å²) in [6.45, 7) is 3.71. The summed E-state index contributed by atoms with van der Waals surface area (Å²) < 4.78 is 20.2. The summed E-state index contributed by atoms with van der Waals surface area (Å²) in [7, 11) is 4.81. The minimum atomic E-state index is -0.383. The molecule has 0 aliphatic heterocycles. The minimum Gasteiger partial charge on any atom is -0.495 e. The molecule has 1 N–H and O–H groups in total. The Morgan fingerprint density at radius 1 is 1.12 bits per heavy atom. The fraction of sp³-hybridized carbons (Fsp3) is 0.208. The van der Waals surface area contributed by atoms with Crippen LogP contribution in [0, 0.1) is 19.7 Å². The fourth-order valence-electron chi connectivity index (χ4n) is 3.26. The van der Waals surface area contributed by atoms with Crippen molar-refractivity contribution >= 4 is 23.6 Å². The van der Waals surface area contributed by atoms with E-state index in [4.69, 9.17) is 4.74 Å². The van der Waals surface area contributed by atoms with Crippen molar-refractivity contribution in [2.45, 2.75) is 13.8 Å². The number of hydrogen-bond donors (Lipinski definition) is 1. The van der Waals surface area contributed by atoms with Crippen molar-refractivity contribution in [1.82, 2.24) is 14.7 Å². The van der Waals surface area contributed by atoms with E-state index in [9.17, 15) is 14.0 Å².